The maximum Gasteiger partial charge on any atom is 0.254 e. The summed E-state index contributed by atoms with van der Waals surface area (Å²) >= 11 is 4.35. The first-order valence-corrected chi connectivity index (χ1v) is 8.59. The zero-order valence-electron chi connectivity index (χ0n) is 13.0. The zero-order valence-corrected chi connectivity index (χ0v) is 13.9. The van der Waals surface area contributed by atoms with E-state index in [1.165, 1.54) is 0 Å². The third kappa shape index (κ3) is 3.87. The molecule has 2 heterocycles. The molecule has 0 saturated carbocycles. The van der Waals surface area contributed by atoms with Crippen LogP contribution in [0.3, 0.4) is 0 Å². The van der Waals surface area contributed by atoms with E-state index < -0.39 is 0 Å². The third-order valence-corrected chi connectivity index (χ3v) is 4.88. The van der Waals surface area contributed by atoms with Crippen LogP contribution in [0, 0.1) is 0 Å². The van der Waals surface area contributed by atoms with E-state index in [2.05, 4.69) is 17.9 Å². The van der Waals surface area contributed by atoms with Gasteiger partial charge in [-0.05, 0) is 37.8 Å². The van der Waals surface area contributed by atoms with Gasteiger partial charge in [-0.15, -0.1) is 12.6 Å². The van der Waals surface area contributed by atoms with Crippen LogP contribution in [0.2, 0.25) is 0 Å². The summed E-state index contributed by atoms with van der Waals surface area (Å²) in [6.45, 7) is 1.98. The fraction of sp³-hybridized carbons (Fsp3) is 0.529. The number of amides is 2. The molecule has 1 unspecified atom stereocenters. The van der Waals surface area contributed by atoms with Crippen LogP contribution in [0.15, 0.2) is 29.2 Å². The first kappa shape index (κ1) is 16.3. The number of hydrogen-bond donors (Lipinski definition) is 2. The first-order valence-electron chi connectivity index (χ1n) is 8.14. The number of rotatable bonds is 3. The van der Waals surface area contributed by atoms with Gasteiger partial charge in [-0.25, -0.2) is 0 Å². The molecule has 1 N–H and O–H groups in total. The van der Waals surface area contributed by atoms with E-state index in [0.29, 0.717) is 30.2 Å². The summed E-state index contributed by atoms with van der Waals surface area (Å²) in [7, 11) is 0. The lowest BCUT2D eigenvalue weighted by atomic mass is 10.0. The SMILES string of the molecule is O=C(NC1CCN(C(=O)c2ccccc2S)CC1)C1CCCO1. The van der Waals surface area contributed by atoms with Crippen molar-refractivity contribution in [2.75, 3.05) is 19.7 Å². The van der Waals surface area contributed by atoms with Gasteiger partial charge in [0.25, 0.3) is 5.91 Å². The Kier molecular flexibility index (Phi) is 5.23. The van der Waals surface area contributed by atoms with Crippen LogP contribution in [0.4, 0.5) is 0 Å². The fourth-order valence-corrected chi connectivity index (χ4v) is 3.39. The second kappa shape index (κ2) is 7.36. The normalized spacial score (nSPS) is 22.1. The predicted molar refractivity (Wildman–Crippen MR) is 89.7 cm³/mol. The van der Waals surface area contributed by atoms with Crippen molar-refractivity contribution >= 4 is 24.4 Å². The Hall–Kier alpha value is -1.53. The number of carbonyl (C=O) groups is 2. The van der Waals surface area contributed by atoms with Gasteiger partial charge in [-0.1, -0.05) is 12.1 Å². The van der Waals surface area contributed by atoms with E-state index in [1.807, 2.05) is 23.1 Å². The number of hydrogen-bond acceptors (Lipinski definition) is 4. The molecule has 124 valence electrons. The lowest BCUT2D eigenvalue weighted by Gasteiger charge is -2.33. The van der Waals surface area contributed by atoms with Crippen molar-refractivity contribution in [3.8, 4) is 0 Å². The maximum absolute atomic E-state index is 12.5. The Morgan fingerprint density at radius 1 is 1.17 bits per heavy atom. The van der Waals surface area contributed by atoms with Gasteiger partial charge in [0.1, 0.15) is 6.10 Å². The molecular formula is C17H22N2O3S. The average molecular weight is 334 g/mol. The second-order valence-electron chi connectivity index (χ2n) is 6.09. The van der Waals surface area contributed by atoms with Crippen LogP contribution < -0.4 is 5.32 Å². The van der Waals surface area contributed by atoms with Crippen molar-refractivity contribution in [2.45, 2.75) is 42.7 Å². The molecule has 2 fully saturated rings. The van der Waals surface area contributed by atoms with E-state index in [1.54, 1.807) is 6.07 Å². The molecule has 0 aliphatic carbocycles. The van der Waals surface area contributed by atoms with Gasteiger partial charge in [-0.3, -0.25) is 9.59 Å². The highest BCUT2D eigenvalue weighted by atomic mass is 32.1. The minimum absolute atomic E-state index is 0.00650. The molecule has 0 aromatic heterocycles. The van der Waals surface area contributed by atoms with Crippen LogP contribution in [0.25, 0.3) is 0 Å². The molecule has 0 spiro atoms. The molecule has 6 heteroatoms. The fourth-order valence-electron chi connectivity index (χ4n) is 3.13. The minimum atomic E-state index is -0.286. The Bertz CT molecular complexity index is 579. The maximum atomic E-state index is 12.5. The van der Waals surface area contributed by atoms with Crippen LogP contribution in [-0.4, -0.2) is 48.6 Å². The minimum Gasteiger partial charge on any atom is -0.368 e. The molecule has 2 aliphatic rings. The summed E-state index contributed by atoms with van der Waals surface area (Å²) in [6, 6.07) is 7.47. The molecule has 23 heavy (non-hydrogen) atoms. The molecular weight excluding hydrogens is 312 g/mol. The van der Waals surface area contributed by atoms with Crippen molar-refractivity contribution in [3.63, 3.8) is 0 Å². The molecule has 0 radical (unpaired) electrons. The number of carbonyl (C=O) groups excluding carboxylic acids is 2. The number of piperidine rings is 1. The van der Waals surface area contributed by atoms with E-state index in [9.17, 15) is 9.59 Å². The summed E-state index contributed by atoms with van der Waals surface area (Å²) in [5.41, 5.74) is 0.637. The van der Waals surface area contributed by atoms with Crippen molar-refractivity contribution in [1.29, 1.82) is 0 Å². The highest BCUT2D eigenvalue weighted by Crippen LogP contribution is 2.19. The Labute approximate surface area is 141 Å². The highest BCUT2D eigenvalue weighted by molar-refractivity contribution is 7.80. The molecule has 2 aliphatic heterocycles. The van der Waals surface area contributed by atoms with E-state index in [-0.39, 0.29) is 24.0 Å². The van der Waals surface area contributed by atoms with Crippen LogP contribution in [-0.2, 0) is 9.53 Å². The van der Waals surface area contributed by atoms with Crippen LogP contribution in [0.5, 0.6) is 0 Å². The smallest absolute Gasteiger partial charge is 0.254 e. The largest absolute Gasteiger partial charge is 0.368 e. The number of likely N-dealkylation sites (tertiary alicyclic amines) is 1. The predicted octanol–water partition coefficient (Wildman–Crippen LogP) is 1.88. The van der Waals surface area contributed by atoms with Gasteiger partial charge < -0.3 is 15.0 Å². The Balaban J connectivity index is 1.51. The molecule has 5 nitrogen and oxygen atoms in total. The Morgan fingerprint density at radius 3 is 2.57 bits per heavy atom. The van der Waals surface area contributed by atoms with Gasteiger partial charge >= 0.3 is 0 Å². The standard InChI is InChI=1S/C17H22N2O3S/c20-16(14-5-3-11-22-14)18-12-7-9-19(10-8-12)17(21)13-4-1-2-6-15(13)23/h1-2,4,6,12,14,23H,3,5,7-11H2,(H,18,20). The van der Waals surface area contributed by atoms with Crippen LogP contribution in [0.1, 0.15) is 36.0 Å². The molecule has 2 amide bonds. The van der Waals surface area contributed by atoms with Crippen molar-refractivity contribution in [2.24, 2.45) is 0 Å². The number of benzene rings is 1. The first-order chi connectivity index (χ1) is 11.1. The summed E-state index contributed by atoms with van der Waals surface area (Å²) in [6.07, 6.45) is 3.03. The lowest BCUT2D eigenvalue weighted by Crippen LogP contribution is -2.48. The van der Waals surface area contributed by atoms with E-state index in [4.69, 9.17) is 4.74 Å². The van der Waals surface area contributed by atoms with E-state index in [0.717, 1.165) is 25.7 Å². The summed E-state index contributed by atoms with van der Waals surface area (Å²) in [4.78, 5) is 27.1. The van der Waals surface area contributed by atoms with Crippen molar-refractivity contribution in [1.82, 2.24) is 10.2 Å². The van der Waals surface area contributed by atoms with Gasteiger partial charge in [0.15, 0.2) is 0 Å². The summed E-state index contributed by atoms with van der Waals surface area (Å²) in [5.74, 6) is 0.00693. The van der Waals surface area contributed by atoms with Crippen molar-refractivity contribution < 1.29 is 14.3 Å². The quantitative estimate of drug-likeness (QED) is 0.830. The molecule has 1 aromatic rings. The lowest BCUT2D eigenvalue weighted by molar-refractivity contribution is -0.131. The zero-order chi connectivity index (χ0) is 16.2. The topological polar surface area (TPSA) is 58.6 Å². The molecule has 3 rings (SSSR count). The van der Waals surface area contributed by atoms with Gasteiger partial charge in [0, 0.05) is 30.6 Å². The van der Waals surface area contributed by atoms with Gasteiger partial charge in [0.2, 0.25) is 5.91 Å². The van der Waals surface area contributed by atoms with Crippen molar-refractivity contribution in [3.05, 3.63) is 29.8 Å². The Morgan fingerprint density at radius 2 is 1.91 bits per heavy atom. The molecule has 1 aromatic carbocycles. The van der Waals surface area contributed by atoms with Gasteiger partial charge in [-0.2, -0.15) is 0 Å². The summed E-state index contributed by atoms with van der Waals surface area (Å²) < 4.78 is 5.40. The number of nitrogens with zero attached hydrogens (tertiary/aromatic N) is 1. The molecule has 2 saturated heterocycles. The average Bonchev–Trinajstić information content (AvgIpc) is 3.10. The highest BCUT2D eigenvalue weighted by Gasteiger charge is 2.29. The number of nitrogens with one attached hydrogen (secondary N) is 1. The second-order valence-corrected chi connectivity index (χ2v) is 6.58. The molecule has 1 atom stereocenters. The summed E-state index contributed by atoms with van der Waals surface area (Å²) in [5, 5.41) is 3.05. The molecule has 0 bridgehead atoms. The number of thiol groups is 1. The number of ether oxygens (including phenoxy) is 1. The third-order valence-electron chi connectivity index (χ3n) is 4.49. The van der Waals surface area contributed by atoms with Gasteiger partial charge in [0.05, 0.1) is 5.56 Å². The van der Waals surface area contributed by atoms with E-state index >= 15 is 0 Å². The monoisotopic (exact) mass is 334 g/mol. The van der Waals surface area contributed by atoms with Crippen LogP contribution >= 0.6 is 12.6 Å².